The number of aromatic hydroxyl groups is 1. The van der Waals surface area contributed by atoms with E-state index in [1.165, 1.54) is 12.1 Å². The topological polar surface area (TPSA) is 20.2 Å². The third-order valence-corrected chi connectivity index (χ3v) is 1.69. The third-order valence-electron chi connectivity index (χ3n) is 0.931. The molecule has 3 heteroatoms. The standard InChI is InChI=1S/C6H4AsFO/c7-5-2-1-4(9)3-6(5)8/h1-3,9H. The molecule has 1 nitrogen and oxygen atoms in total. The summed E-state index contributed by atoms with van der Waals surface area (Å²) in [6, 6.07) is 4.02. The zero-order valence-corrected chi connectivity index (χ0v) is 6.38. The first kappa shape index (κ1) is 6.63. The second-order valence-electron chi connectivity index (χ2n) is 1.64. The van der Waals surface area contributed by atoms with E-state index in [4.69, 9.17) is 5.11 Å². The van der Waals surface area contributed by atoms with Gasteiger partial charge in [-0.2, -0.15) is 0 Å². The van der Waals surface area contributed by atoms with Gasteiger partial charge in [0.2, 0.25) is 0 Å². The van der Waals surface area contributed by atoms with Crippen LogP contribution in [0.3, 0.4) is 0 Å². The Morgan fingerprint density at radius 1 is 1.44 bits per heavy atom. The summed E-state index contributed by atoms with van der Waals surface area (Å²) in [7, 11) is 0. The van der Waals surface area contributed by atoms with Crippen molar-refractivity contribution < 1.29 is 9.50 Å². The molecule has 0 unspecified atom stereocenters. The first-order chi connectivity index (χ1) is 4.20. The average Bonchev–Trinajstić information content (AvgIpc) is 1.80. The fourth-order valence-corrected chi connectivity index (χ4v) is 0.788. The monoisotopic (exact) mass is 186 g/mol. The molecule has 2 radical (unpaired) electrons. The summed E-state index contributed by atoms with van der Waals surface area (Å²) in [5.41, 5.74) is 0. The molecule has 0 aliphatic heterocycles. The van der Waals surface area contributed by atoms with Crippen molar-refractivity contribution in [1.29, 1.82) is 0 Å². The molecule has 1 aromatic rings. The van der Waals surface area contributed by atoms with Crippen LogP contribution in [0.15, 0.2) is 18.2 Å². The van der Waals surface area contributed by atoms with Crippen LogP contribution in [0, 0.1) is 5.82 Å². The zero-order chi connectivity index (χ0) is 6.85. The summed E-state index contributed by atoms with van der Waals surface area (Å²) in [5.74, 6) is -0.433. The normalized spacial score (nSPS) is 9.56. The molecule has 0 fully saturated rings. The van der Waals surface area contributed by atoms with Gasteiger partial charge in [-0.3, -0.25) is 0 Å². The van der Waals surface area contributed by atoms with Crippen LogP contribution in [0.2, 0.25) is 0 Å². The van der Waals surface area contributed by atoms with Gasteiger partial charge in [-0.15, -0.1) is 0 Å². The molecule has 0 aliphatic carbocycles. The minimum absolute atomic E-state index is 0.0395. The van der Waals surface area contributed by atoms with Crippen molar-refractivity contribution in [1.82, 2.24) is 0 Å². The van der Waals surface area contributed by atoms with E-state index in [2.05, 4.69) is 16.9 Å². The Morgan fingerprint density at radius 2 is 2.11 bits per heavy atom. The van der Waals surface area contributed by atoms with Crippen molar-refractivity contribution in [2.45, 2.75) is 0 Å². The van der Waals surface area contributed by atoms with Crippen molar-refractivity contribution in [3.63, 3.8) is 0 Å². The van der Waals surface area contributed by atoms with Crippen molar-refractivity contribution in [3.05, 3.63) is 24.0 Å². The Labute approximate surface area is 61.0 Å². The van der Waals surface area contributed by atoms with Gasteiger partial charge in [0.05, 0.1) is 0 Å². The van der Waals surface area contributed by atoms with Crippen LogP contribution in [0.5, 0.6) is 5.75 Å². The van der Waals surface area contributed by atoms with Gasteiger partial charge in [0.1, 0.15) is 0 Å². The van der Waals surface area contributed by atoms with E-state index in [9.17, 15) is 4.39 Å². The summed E-state index contributed by atoms with van der Waals surface area (Å²) >= 11 is 2.08. The molecule has 0 bridgehead atoms. The Balaban J connectivity index is 3.17. The summed E-state index contributed by atoms with van der Waals surface area (Å²) in [4.78, 5) is 0. The van der Waals surface area contributed by atoms with Crippen molar-refractivity contribution in [2.24, 2.45) is 0 Å². The number of hydrogen-bond acceptors (Lipinski definition) is 1. The van der Waals surface area contributed by atoms with Crippen LogP contribution in [0.25, 0.3) is 0 Å². The molecule has 9 heavy (non-hydrogen) atoms. The van der Waals surface area contributed by atoms with E-state index in [1.807, 2.05) is 0 Å². The molecule has 0 spiro atoms. The van der Waals surface area contributed by atoms with Gasteiger partial charge in [-0.25, -0.2) is 0 Å². The maximum absolute atomic E-state index is 12.4. The van der Waals surface area contributed by atoms with Crippen molar-refractivity contribution in [3.8, 4) is 5.75 Å². The molecule has 0 saturated carbocycles. The first-order valence-electron chi connectivity index (χ1n) is 2.37. The van der Waals surface area contributed by atoms with E-state index in [0.717, 1.165) is 6.07 Å². The van der Waals surface area contributed by atoms with E-state index in [-0.39, 0.29) is 5.75 Å². The Bertz CT molecular complexity index is 224. The SMILES string of the molecule is Oc1ccc([As])c(F)c1. The summed E-state index contributed by atoms with van der Waals surface area (Å²) in [6.07, 6.45) is 0. The fraction of sp³-hybridized carbons (Fsp3) is 0. The molecular weight excluding hydrogens is 182 g/mol. The van der Waals surface area contributed by atoms with Crippen molar-refractivity contribution >= 4 is 21.2 Å². The van der Waals surface area contributed by atoms with Crippen LogP contribution >= 0.6 is 0 Å². The zero-order valence-electron chi connectivity index (χ0n) is 4.50. The fourth-order valence-electron chi connectivity index (χ4n) is 0.496. The van der Waals surface area contributed by atoms with Gasteiger partial charge in [0.25, 0.3) is 0 Å². The van der Waals surface area contributed by atoms with Gasteiger partial charge in [-0.05, 0) is 0 Å². The Hall–Kier alpha value is -0.492. The Morgan fingerprint density at radius 3 is 2.56 bits per heavy atom. The second kappa shape index (κ2) is 2.40. The van der Waals surface area contributed by atoms with E-state index in [1.54, 1.807) is 0 Å². The van der Waals surface area contributed by atoms with Crippen LogP contribution in [-0.4, -0.2) is 22.0 Å². The maximum atomic E-state index is 12.4. The van der Waals surface area contributed by atoms with E-state index >= 15 is 0 Å². The van der Waals surface area contributed by atoms with Crippen LogP contribution in [-0.2, 0) is 0 Å². The quantitative estimate of drug-likeness (QED) is 0.578. The van der Waals surface area contributed by atoms with E-state index in [0.29, 0.717) is 4.35 Å². The molecule has 0 atom stereocenters. The first-order valence-corrected chi connectivity index (χ1v) is 3.31. The van der Waals surface area contributed by atoms with Crippen molar-refractivity contribution in [2.75, 3.05) is 0 Å². The van der Waals surface area contributed by atoms with Gasteiger partial charge >= 0.3 is 60.5 Å². The minimum atomic E-state index is -0.394. The predicted octanol–water partition coefficient (Wildman–Crippen LogP) is 0.325. The molecule has 0 amide bonds. The number of benzene rings is 1. The number of phenolic OH excluding ortho intramolecular Hbond substituents is 1. The van der Waals surface area contributed by atoms with Gasteiger partial charge in [-0.1, -0.05) is 0 Å². The molecular formula is C6H4AsFO. The molecule has 0 heterocycles. The molecule has 0 aliphatic rings. The molecule has 1 rings (SSSR count). The summed E-state index contributed by atoms with van der Waals surface area (Å²) in [6.45, 7) is 0. The van der Waals surface area contributed by atoms with E-state index < -0.39 is 5.82 Å². The number of halogens is 1. The number of hydrogen-bond donors (Lipinski definition) is 1. The predicted molar refractivity (Wildman–Crippen MR) is 33.5 cm³/mol. The second-order valence-corrected chi connectivity index (χ2v) is 2.65. The third kappa shape index (κ3) is 1.46. The molecule has 0 saturated heterocycles. The van der Waals surface area contributed by atoms with Gasteiger partial charge in [0, 0.05) is 0 Å². The van der Waals surface area contributed by atoms with Gasteiger partial charge in [0.15, 0.2) is 0 Å². The molecule has 1 N–H and O–H groups in total. The summed E-state index contributed by atoms with van der Waals surface area (Å²) in [5, 5.41) is 8.69. The average molecular weight is 186 g/mol. The number of phenols is 1. The molecule has 1 aromatic carbocycles. The van der Waals surface area contributed by atoms with Gasteiger partial charge < -0.3 is 0 Å². The van der Waals surface area contributed by atoms with Crippen LogP contribution in [0.4, 0.5) is 4.39 Å². The van der Waals surface area contributed by atoms with Crippen LogP contribution in [0.1, 0.15) is 0 Å². The molecule has 0 aromatic heterocycles. The summed E-state index contributed by atoms with van der Waals surface area (Å²) < 4.78 is 12.9. The Kier molecular flexibility index (Phi) is 1.77. The molecule has 46 valence electrons. The number of rotatable bonds is 0. The van der Waals surface area contributed by atoms with Crippen LogP contribution < -0.4 is 4.35 Å².